The lowest BCUT2D eigenvalue weighted by atomic mass is 10.2. The first kappa shape index (κ1) is 22.6. The molecule has 1 aromatic carbocycles. The number of benzene rings is 1. The molecule has 0 saturated carbocycles. The molecule has 0 aliphatic carbocycles. The van der Waals surface area contributed by atoms with Gasteiger partial charge in [0.05, 0.1) is 11.0 Å². The number of thioether (sulfide) groups is 1. The fourth-order valence-corrected chi connectivity index (χ4v) is 4.08. The summed E-state index contributed by atoms with van der Waals surface area (Å²) in [6.45, 7) is 6.76. The number of nitrogens with zero attached hydrogens (tertiary/aromatic N) is 3. The van der Waals surface area contributed by atoms with Crippen LogP contribution in [0, 0.1) is 12.7 Å². The number of aromatic nitrogens is 1. The highest BCUT2D eigenvalue weighted by Crippen LogP contribution is 2.20. The van der Waals surface area contributed by atoms with Gasteiger partial charge in [-0.05, 0) is 31.5 Å². The maximum absolute atomic E-state index is 13.2. The summed E-state index contributed by atoms with van der Waals surface area (Å²) in [5, 5.41) is 6.42. The Bertz CT molecular complexity index is 902. The molecular formula is C20H24ClFN4O3S. The Kier molecular flexibility index (Phi) is 7.74. The van der Waals surface area contributed by atoms with Gasteiger partial charge in [0.15, 0.2) is 5.82 Å². The van der Waals surface area contributed by atoms with E-state index < -0.39 is 5.25 Å². The average molecular weight is 455 g/mol. The molecule has 1 fully saturated rings. The molecule has 0 spiro atoms. The number of amides is 2. The zero-order valence-electron chi connectivity index (χ0n) is 16.9. The van der Waals surface area contributed by atoms with E-state index in [4.69, 9.17) is 16.1 Å². The van der Waals surface area contributed by atoms with Gasteiger partial charge in [0.25, 0.3) is 0 Å². The van der Waals surface area contributed by atoms with Crippen molar-refractivity contribution in [1.29, 1.82) is 0 Å². The average Bonchev–Trinajstić information content (AvgIpc) is 3.13. The van der Waals surface area contributed by atoms with Gasteiger partial charge in [0.2, 0.25) is 11.8 Å². The fourth-order valence-electron chi connectivity index (χ4n) is 3.06. The molecule has 0 bridgehead atoms. The highest BCUT2D eigenvalue weighted by Gasteiger charge is 2.23. The molecule has 1 aliphatic rings. The molecule has 2 heterocycles. The van der Waals surface area contributed by atoms with Gasteiger partial charge in [0, 0.05) is 43.8 Å². The zero-order valence-corrected chi connectivity index (χ0v) is 18.4. The molecule has 1 atom stereocenters. The highest BCUT2D eigenvalue weighted by atomic mass is 35.5. The van der Waals surface area contributed by atoms with Crippen LogP contribution in [0.15, 0.2) is 28.8 Å². The Morgan fingerprint density at radius 2 is 2.03 bits per heavy atom. The van der Waals surface area contributed by atoms with Gasteiger partial charge in [-0.2, -0.15) is 0 Å². The van der Waals surface area contributed by atoms with E-state index in [9.17, 15) is 14.0 Å². The van der Waals surface area contributed by atoms with Crippen molar-refractivity contribution >= 4 is 41.0 Å². The van der Waals surface area contributed by atoms with Crippen molar-refractivity contribution in [1.82, 2.24) is 15.0 Å². The number of carbonyl (C=O) groups is 2. The molecule has 3 rings (SSSR count). The first-order valence-electron chi connectivity index (χ1n) is 9.61. The molecule has 2 aromatic rings. The lowest BCUT2D eigenvalue weighted by Crippen LogP contribution is -2.49. The van der Waals surface area contributed by atoms with Gasteiger partial charge in [0.1, 0.15) is 11.6 Å². The quantitative estimate of drug-likeness (QED) is 0.692. The van der Waals surface area contributed by atoms with Gasteiger partial charge in [-0.15, -0.1) is 11.8 Å². The van der Waals surface area contributed by atoms with Crippen LogP contribution in [0.4, 0.5) is 10.2 Å². The summed E-state index contributed by atoms with van der Waals surface area (Å²) in [5.41, 5.74) is 0.871. The van der Waals surface area contributed by atoms with E-state index in [0.717, 1.165) is 5.56 Å². The lowest BCUT2D eigenvalue weighted by molar-refractivity contribution is -0.130. The Morgan fingerprint density at radius 3 is 2.67 bits per heavy atom. The van der Waals surface area contributed by atoms with E-state index in [0.29, 0.717) is 49.3 Å². The Balaban J connectivity index is 1.40. The van der Waals surface area contributed by atoms with Gasteiger partial charge < -0.3 is 14.7 Å². The second-order valence-corrected chi connectivity index (χ2v) is 8.89. The summed E-state index contributed by atoms with van der Waals surface area (Å²) in [5.74, 6) is 0.653. The molecular weight excluding hydrogens is 431 g/mol. The summed E-state index contributed by atoms with van der Waals surface area (Å²) in [6.07, 6.45) is 0. The van der Waals surface area contributed by atoms with Crippen molar-refractivity contribution in [3.8, 4) is 0 Å². The minimum absolute atomic E-state index is 0.0106. The summed E-state index contributed by atoms with van der Waals surface area (Å²) in [7, 11) is 0. The SMILES string of the molecule is Cc1cc(NC(=O)C(C)SCC(=O)N2CCN(Cc3ccc(F)cc3Cl)CC2)no1. The van der Waals surface area contributed by atoms with E-state index >= 15 is 0 Å². The molecule has 162 valence electrons. The van der Waals surface area contributed by atoms with E-state index in [1.165, 1.54) is 23.9 Å². The highest BCUT2D eigenvalue weighted by molar-refractivity contribution is 8.01. The Hall–Kier alpha value is -2.10. The molecule has 1 aromatic heterocycles. The van der Waals surface area contributed by atoms with Crippen molar-refractivity contribution < 1.29 is 18.5 Å². The minimum Gasteiger partial charge on any atom is -0.360 e. The normalized spacial score (nSPS) is 15.8. The van der Waals surface area contributed by atoms with Gasteiger partial charge >= 0.3 is 0 Å². The van der Waals surface area contributed by atoms with Crippen molar-refractivity contribution in [2.24, 2.45) is 0 Å². The third-order valence-electron chi connectivity index (χ3n) is 4.84. The van der Waals surface area contributed by atoms with Crippen LogP contribution in [0.2, 0.25) is 5.02 Å². The van der Waals surface area contributed by atoms with Gasteiger partial charge in [-0.25, -0.2) is 4.39 Å². The van der Waals surface area contributed by atoms with Crippen molar-refractivity contribution in [2.45, 2.75) is 25.6 Å². The number of piperazine rings is 1. The lowest BCUT2D eigenvalue weighted by Gasteiger charge is -2.35. The molecule has 1 N–H and O–H groups in total. The maximum Gasteiger partial charge on any atom is 0.238 e. The third-order valence-corrected chi connectivity index (χ3v) is 6.32. The van der Waals surface area contributed by atoms with Gasteiger partial charge in [-0.1, -0.05) is 22.8 Å². The molecule has 1 aliphatic heterocycles. The van der Waals surface area contributed by atoms with Gasteiger partial charge in [-0.3, -0.25) is 14.5 Å². The molecule has 1 unspecified atom stereocenters. The minimum atomic E-state index is -0.395. The number of hydrogen-bond acceptors (Lipinski definition) is 6. The van der Waals surface area contributed by atoms with Crippen LogP contribution >= 0.6 is 23.4 Å². The van der Waals surface area contributed by atoms with Crippen LogP contribution in [0.5, 0.6) is 0 Å². The van der Waals surface area contributed by atoms with Crippen LogP contribution in [0.1, 0.15) is 18.2 Å². The smallest absolute Gasteiger partial charge is 0.238 e. The topological polar surface area (TPSA) is 78.7 Å². The van der Waals surface area contributed by atoms with Crippen molar-refractivity contribution in [2.75, 3.05) is 37.2 Å². The predicted octanol–water partition coefficient (Wildman–Crippen LogP) is 3.18. The number of nitrogens with one attached hydrogen (secondary N) is 1. The van der Waals surface area contributed by atoms with E-state index in [2.05, 4.69) is 15.4 Å². The number of anilines is 1. The Labute approximate surface area is 183 Å². The van der Waals surface area contributed by atoms with E-state index in [1.54, 1.807) is 30.9 Å². The first-order valence-corrected chi connectivity index (χ1v) is 11.0. The second-order valence-electron chi connectivity index (χ2n) is 7.16. The predicted molar refractivity (Wildman–Crippen MR) is 115 cm³/mol. The standard InChI is InChI=1S/C20H24ClFN4O3S/c1-13-9-18(24-29-13)23-20(28)14(2)30-12-19(27)26-7-5-25(6-8-26)11-15-3-4-16(22)10-17(15)21/h3-4,9-10,14H,5-8,11-12H2,1-2H3,(H,23,24,28). The summed E-state index contributed by atoms with van der Waals surface area (Å²) in [6, 6.07) is 6.05. The molecule has 1 saturated heterocycles. The number of aryl methyl sites for hydroxylation is 1. The van der Waals surface area contributed by atoms with Crippen LogP contribution in [-0.4, -0.2) is 64.0 Å². The van der Waals surface area contributed by atoms with Crippen LogP contribution in [0.3, 0.4) is 0 Å². The number of halogens is 2. The third kappa shape index (κ3) is 6.20. The van der Waals surface area contributed by atoms with Crippen molar-refractivity contribution in [3.05, 3.63) is 46.4 Å². The first-order chi connectivity index (χ1) is 14.3. The molecule has 7 nitrogen and oxygen atoms in total. The summed E-state index contributed by atoms with van der Waals surface area (Å²) in [4.78, 5) is 28.7. The fraction of sp³-hybridized carbons (Fsp3) is 0.450. The van der Waals surface area contributed by atoms with E-state index in [-0.39, 0.29) is 23.4 Å². The molecule has 2 amide bonds. The van der Waals surface area contributed by atoms with Crippen LogP contribution in [0.25, 0.3) is 0 Å². The monoisotopic (exact) mass is 454 g/mol. The molecule has 10 heteroatoms. The Morgan fingerprint density at radius 1 is 1.30 bits per heavy atom. The largest absolute Gasteiger partial charge is 0.360 e. The molecule has 0 radical (unpaired) electrons. The summed E-state index contributed by atoms with van der Waals surface area (Å²) < 4.78 is 18.1. The molecule has 30 heavy (non-hydrogen) atoms. The number of rotatable bonds is 7. The second kappa shape index (κ2) is 10.3. The number of carbonyl (C=O) groups excluding carboxylic acids is 2. The summed E-state index contributed by atoms with van der Waals surface area (Å²) >= 11 is 7.39. The van der Waals surface area contributed by atoms with Crippen molar-refractivity contribution in [3.63, 3.8) is 0 Å². The van der Waals surface area contributed by atoms with E-state index in [1.807, 2.05) is 0 Å². The van der Waals surface area contributed by atoms with Crippen LogP contribution < -0.4 is 5.32 Å². The van der Waals surface area contributed by atoms with Crippen LogP contribution in [-0.2, 0) is 16.1 Å². The maximum atomic E-state index is 13.2. The number of hydrogen-bond donors (Lipinski definition) is 1. The zero-order chi connectivity index (χ0) is 21.7.